The average molecular weight is 2160 g/mol. The lowest BCUT2D eigenvalue weighted by atomic mass is 10.1. The van der Waals surface area contributed by atoms with E-state index < -0.39 is 85.5 Å². The van der Waals surface area contributed by atoms with Crippen molar-refractivity contribution < 1.29 is 57.6 Å². The highest BCUT2D eigenvalue weighted by molar-refractivity contribution is 7.95. The van der Waals surface area contributed by atoms with Crippen molar-refractivity contribution in [2.24, 2.45) is 4.99 Å². The molecule has 0 spiro atoms. The lowest BCUT2D eigenvalue weighted by Gasteiger charge is -2.26. The molecule has 4 aliphatic rings. The first-order chi connectivity index (χ1) is 70.1. The molecule has 0 amide bonds. The van der Waals surface area contributed by atoms with Crippen molar-refractivity contribution >= 4 is 197 Å². The van der Waals surface area contributed by atoms with Crippen molar-refractivity contribution in [3.8, 4) is 23.3 Å². The molecule has 3 N–H and O–H groups in total. The summed E-state index contributed by atoms with van der Waals surface area (Å²) >= 11 is 15.8. The third-order valence-corrected chi connectivity index (χ3v) is 38.2. The molecule has 4 aromatic carbocycles. The van der Waals surface area contributed by atoms with E-state index in [9.17, 15) is 72.0 Å². The van der Waals surface area contributed by atoms with E-state index in [1.165, 1.54) is 92.3 Å². The monoisotopic (exact) mass is 2160 g/mol. The minimum absolute atomic E-state index is 0.0391. The molecule has 146 heavy (non-hydrogen) atoms. The van der Waals surface area contributed by atoms with Gasteiger partial charge in [0, 0.05) is 189 Å². The van der Waals surface area contributed by atoms with Gasteiger partial charge >= 0.3 is 0 Å². The Balaban J connectivity index is 0.000000133. The van der Waals surface area contributed by atoms with Crippen molar-refractivity contribution in [3.63, 3.8) is 0 Å². The van der Waals surface area contributed by atoms with Crippen LogP contribution in [0.4, 0.5) is 17.1 Å². The molecule has 754 valence electrons. The van der Waals surface area contributed by atoms with Crippen LogP contribution in [0.25, 0.3) is 66.4 Å². The van der Waals surface area contributed by atoms with Crippen molar-refractivity contribution in [2.75, 3.05) is 131 Å². The number of likely N-dealkylation sites (tertiary alicyclic amines) is 1. The number of aromatic nitrogens is 8. The van der Waals surface area contributed by atoms with Crippen LogP contribution >= 0.6 is 68.5 Å². The Morgan fingerprint density at radius 3 is 1.12 bits per heavy atom. The molecule has 12 aromatic heterocycles. The van der Waals surface area contributed by atoms with Gasteiger partial charge in [0.25, 0.3) is 22.2 Å². The quantitative estimate of drug-likeness (QED) is 0.0344. The number of nitrogens with one attached hydrogen (secondary N) is 3. The van der Waals surface area contributed by atoms with Gasteiger partial charge < -0.3 is 30.5 Å². The molecule has 0 aliphatic carbocycles. The number of carbonyl (C=O) groups excluding carboxylic acids is 4. The van der Waals surface area contributed by atoms with Gasteiger partial charge in [-0.15, -0.1) is 45.3 Å². The molecular formula is C104H99Cl2N15O17S8. The van der Waals surface area contributed by atoms with Crippen LogP contribution in [-0.4, -0.2) is 231 Å². The first kappa shape index (κ1) is 104. The maximum absolute atomic E-state index is 13.2. The number of amidine groups is 1. The summed E-state index contributed by atoms with van der Waals surface area (Å²) in [5, 5.41) is 15.9. The minimum atomic E-state index is -3.74. The number of sulfone groups is 4. The second-order valence-electron chi connectivity index (χ2n) is 35.5. The molecule has 0 bridgehead atoms. The van der Waals surface area contributed by atoms with Crippen LogP contribution in [0.5, 0.6) is 0 Å². The third-order valence-electron chi connectivity index (χ3n) is 24.7. The number of morpholine rings is 1. The zero-order valence-electron chi connectivity index (χ0n) is 79.3. The smallest absolute Gasteiger partial charge is 0.264 e. The summed E-state index contributed by atoms with van der Waals surface area (Å²) in [4.78, 5) is 133. The fraction of sp³-hybridized carbons (Fsp3) is 0.260. The highest BCUT2D eigenvalue weighted by Crippen LogP contribution is 2.33. The highest BCUT2D eigenvalue weighted by atomic mass is 35.5. The van der Waals surface area contributed by atoms with Gasteiger partial charge in [0.15, 0.2) is 62.5 Å². The summed E-state index contributed by atoms with van der Waals surface area (Å²) in [6.07, 6.45) is 15.9. The summed E-state index contributed by atoms with van der Waals surface area (Å²) in [5.74, 6) is -1.41. The van der Waals surface area contributed by atoms with Gasteiger partial charge in [-0.25, -0.2) is 53.6 Å². The Morgan fingerprint density at radius 1 is 0.404 bits per heavy atom. The number of carbonyl (C=O) groups is 4. The van der Waals surface area contributed by atoms with E-state index in [2.05, 4.69) is 55.6 Å². The number of ether oxygens (including phenoxy) is 1. The van der Waals surface area contributed by atoms with Crippen molar-refractivity contribution in [1.82, 2.24) is 52.9 Å². The Hall–Kier alpha value is -13.1. The maximum Gasteiger partial charge on any atom is 0.264 e. The molecular weight excluding hydrogens is 2060 g/mol. The molecule has 0 radical (unpaired) electrons. The Labute approximate surface area is 866 Å². The van der Waals surface area contributed by atoms with Gasteiger partial charge in [0.2, 0.25) is 0 Å². The number of pyridine rings is 8. The largest absolute Gasteiger partial charge is 0.384 e. The van der Waals surface area contributed by atoms with E-state index >= 15 is 0 Å². The summed E-state index contributed by atoms with van der Waals surface area (Å²) in [6.45, 7) is 15.5. The number of aryl methyl sites for hydroxylation is 2. The van der Waals surface area contributed by atoms with E-state index in [1.807, 2.05) is 99.8 Å². The Bertz CT molecular complexity index is 8450. The first-order valence-corrected chi connectivity index (χ1v) is 57.3. The molecule has 4 aliphatic heterocycles. The molecule has 16 heterocycles. The predicted molar refractivity (Wildman–Crippen MR) is 575 cm³/mol. The van der Waals surface area contributed by atoms with Gasteiger partial charge in [-0.2, -0.15) is 0 Å². The van der Waals surface area contributed by atoms with Gasteiger partial charge in [-0.05, 0) is 253 Å². The lowest BCUT2D eigenvalue weighted by molar-refractivity contribution is -0.116. The second-order valence-corrected chi connectivity index (χ2v) is 50.3. The van der Waals surface area contributed by atoms with Crippen molar-refractivity contribution in [2.45, 2.75) is 75.6 Å². The van der Waals surface area contributed by atoms with Crippen LogP contribution in [0, 0.1) is 13.8 Å². The summed E-state index contributed by atoms with van der Waals surface area (Å²) in [7, 11) is -12.8. The molecule has 0 atom stereocenters. The van der Waals surface area contributed by atoms with E-state index in [0.717, 1.165) is 202 Å². The van der Waals surface area contributed by atoms with Gasteiger partial charge in [0.05, 0.1) is 28.4 Å². The average Bonchev–Trinajstić information content (AvgIpc) is 1.44. The molecule has 42 heteroatoms. The molecule has 32 nitrogen and oxygen atoms in total. The highest BCUT2D eigenvalue weighted by Gasteiger charge is 2.29. The number of rotatable bonds is 33. The number of hydrogen-bond donors (Lipinski definition) is 3. The zero-order chi connectivity index (χ0) is 103. The Morgan fingerprint density at radius 2 is 0.767 bits per heavy atom. The fourth-order valence-electron chi connectivity index (χ4n) is 17.2. The van der Waals surface area contributed by atoms with E-state index in [-0.39, 0.29) is 64.8 Å². The molecule has 2 saturated heterocycles. The van der Waals surface area contributed by atoms with Crippen LogP contribution < -0.4 is 38.2 Å². The molecule has 16 aromatic rings. The summed E-state index contributed by atoms with van der Waals surface area (Å²) in [6, 6.07) is 54.1. The van der Waals surface area contributed by atoms with E-state index in [4.69, 9.17) is 27.9 Å². The van der Waals surface area contributed by atoms with E-state index in [0.29, 0.717) is 75.7 Å². The van der Waals surface area contributed by atoms with Crippen LogP contribution in [0.1, 0.15) is 56.0 Å². The predicted octanol–water partition coefficient (Wildman–Crippen LogP) is 14.0. The van der Waals surface area contributed by atoms with Crippen LogP contribution in [-0.2, 0) is 95.4 Å². The maximum atomic E-state index is 13.2. The lowest BCUT2D eigenvalue weighted by Crippen LogP contribution is -2.39. The van der Waals surface area contributed by atoms with Gasteiger partial charge in [-0.3, -0.25) is 66.5 Å². The van der Waals surface area contributed by atoms with Crippen molar-refractivity contribution in [1.29, 1.82) is 0 Å². The number of Topliss-reactive ketones (excluding diaryl/α,β-unsaturated/α-hetero) is 4. The first-order valence-electron chi connectivity index (χ1n) is 46.7. The molecule has 0 saturated carbocycles. The molecule has 2 fully saturated rings. The summed E-state index contributed by atoms with van der Waals surface area (Å²) < 4.78 is 112. The second kappa shape index (κ2) is 45.9. The van der Waals surface area contributed by atoms with Crippen molar-refractivity contribution in [3.05, 3.63) is 331 Å². The Kier molecular flexibility index (Phi) is 32.8. The topological polar surface area (TPSA) is 412 Å². The minimum Gasteiger partial charge on any atom is -0.384 e. The van der Waals surface area contributed by atoms with E-state index in [1.54, 1.807) is 97.6 Å². The number of hydrogen-bond acceptors (Lipinski definition) is 32. The number of benzene rings is 4. The van der Waals surface area contributed by atoms with Gasteiger partial charge in [-0.1, -0.05) is 53.5 Å². The number of likely N-dealkylation sites (N-methyl/N-ethyl adjacent to an activating group) is 1. The molecule has 20 rings (SSSR count). The number of thiophene rings is 4. The van der Waals surface area contributed by atoms with Gasteiger partial charge in [0.1, 0.15) is 69.0 Å². The van der Waals surface area contributed by atoms with Crippen LogP contribution in [0.3, 0.4) is 0 Å². The molecule has 0 unspecified atom stereocenters. The third kappa shape index (κ3) is 25.8. The standard InChI is InChI=1S/C27H27ClN4O5S2.C27H27ClN4O4S2.C26H24N4O4S2.C24H21N3O4S2/c28-24-4-6-26(38-24)39(35,36)18-22(33)15-19-1-5-25(30-17-19)32-9-7-20-16-21(2-3-23(20)27(32)34)29-8-10-31-11-13-37-14-12-31;28-24-6-8-26(37-24)38(35,36)18-22(33)15-19-3-7-25(30-17-19)32-13-9-20-16-21(4-5-23(20)27(32)34)29-10-14-31-11-1-2-12-31;1-17-3-8-24(35-17)36(33,34)16-21(31)13-18-4-7-23(28-15-18)30-11-9-19-14-20(5-6-22(19)26(30)32)25-27-10-12-29(25)2;1-15-2-5-23(32-15)33(30,31)14-19(28)10-16-3-4-22(26-13-16)27-9-7-17-12-21-18(6-8-25-21)11-20(17)24(27)29/h1-7,9,16-17,29H,8,10-15,18H2;3-9,13,16-17,29H,1-2,10-12,14-15,18H2;3-9,11,14-15H,10,12-13,16H2,1-2H3;2-5,7,9,11-13,25H,6,8,10,14H2,1H3. The summed E-state index contributed by atoms with van der Waals surface area (Å²) in [5.41, 5.74) is 6.66. The number of fused-ring (bicyclic) bond motifs is 5. The normalized spacial score (nSPS) is 14.0. The van der Waals surface area contributed by atoms with Crippen LogP contribution in [0.15, 0.2) is 279 Å². The number of halogens is 2. The fourth-order valence-corrected chi connectivity index (χ4v) is 28.1. The zero-order valence-corrected chi connectivity index (χ0v) is 87.4. The number of aliphatic imine (C=N–C) groups is 1. The number of anilines is 3. The van der Waals surface area contributed by atoms with Crippen LogP contribution in [0.2, 0.25) is 8.67 Å². The SMILES string of the molecule is Cc1ccc(S(=O)(=O)CC(=O)Cc2ccc(-n3ccc4cc(C5=NCCN5C)ccc4c3=O)nc2)s1.Cc1ccc(S(=O)(=O)CC(=O)Cc2ccc(-n3ccc4cc5c(cc4c3=O)CCN5)nc2)s1.O=C(Cc1ccc(-n2ccc3cc(NCCN4CCCC4)ccc3c2=O)nc1)CS(=O)(=O)c1ccc(Cl)s1.O=C(Cc1ccc(-n2ccc3cc(NCCN4CCOCC4)ccc3c2=O)nc1)CS(=O)(=O)c1ccc(Cl)s1. The number of ketones is 4. The number of nitrogens with zero attached hydrogens (tertiary/aromatic N) is 12.